The van der Waals surface area contributed by atoms with Crippen LogP contribution in [0.4, 0.5) is 0 Å². The summed E-state index contributed by atoms with van der Waals surface area (Å²) >= 11 is 3.07. The molecule has 1 aromatic rings. The number of rotatable bonds is 4. The van der Waals surface area contributed by atoms with Gasteiger partial charge in [0.2, 0.25) is 10.0 Å². The summed E-state index contributed by atoms with van der Waals surface area (Å²) in [7, 11) is -3.92. The molecule has 8 heteroatoms. The van der Waals surface area contributed by atoms with E-state index in [1.165, 1.54) is 12.1 Å². The molecule has 1 aromatic carbocycles. The van der Waals surface area contributed by atoms with Crippen molar-refractivity contribution in [1.29, 1.82) is 5.26 Å². The molecule has 0 atom stereocenters. The Hall–Kier alpha value is -1.43. The molecular weight excluding hydrogens is 312 g/mol. The van der Waals surface area contributed by atoms with Gasteiger partial charge < -0.3 is 5.11 Å². The lowest BCUT2D eigenvalue weighted by Crippen LogP contribution is -2.29. The number of benzene rings is 1. The molecule has 17 heavy (non-hydrogen) atoms. The lowest BCUT2D eigenvalue weighted by atomic mass is 10.2. The monoisotopic (exact) mass is 318 g/mol. The summed E-state index contributed by atoms with van der Waals surface area (Å²) in [4.78, 5) is 10.1. The molecule has 0 unspecified atom stereocenters. The van der Waals surface area contributed by atoms with Gasteiger partial charge in [-0.15, -0.1) is 0 Å². The standard InChI is InChI=1S/C9H7BrN2O4S/c10-7-1-6(4-11)2-8(3-7)17(15,16)12-5-9(13)14/h1-3,12H,5H2,(H,13,14). The first kappa shape index (κ1) is 13.6. The Morgan fingerprint density at radius 3 is 2.65 bits per heavy atom. The van der Waals surface area contributed by atoms with E-state index < -0.39 is 22.5 Å². The zero-order valence-electron chi connectivity index (χ0n) is 8.34. The largest absolute Gasteiger partial charge is 0.480 e. The minimum atomic E-state index is -3.92. The fourth-order valence-electron chi connectivity index (χ4n) is 1.02. The van der Waals surface area contributed by atoms with Crippen LogP contribution in [0.1, 0.15) is 5.56 Å². The van der Waals surface area contributed by atoms with Gasteiger partial charge in [0.1, 0.15) is 6.54 Å². The normalized spacial score (nSPS) is 10.8. The molecule has 0 aliphatic rings. The number of hydrogen-bond donors (Lipinski definition) is 2. The van der Waals surface area contributed by atoms with E-state index >= 15 is 0 Å². The molecule has 0 aliphatic carbocycles. The fraction of sp³-hybridized carbons (Fsp3) is 0.111. The second-order valence-electron chi connectivity index (χ2n) is 3.01. The van der Waals surface area contributed by atoms with Crippen molar-refractivity contribution in [2.45, 2.75) is 4.90 Å². The maximum atomic E-state index is 11.7. The van der Waals surface area contributed by atoms with Crippen LogP contribution in [0, 0.1) is 11.3 Å². The third-order valence-corrected chi connectivity index (χ3v) is 3.56. The van der Waals surface area contributed by atoms with Crippen LogP contribution < -0.4 is 4.72 Å². The van der Waals surface area contributed by atoms with Gasteiger partial charge in [0.25, 0.3) is 0 Å². The number of nitrogens with zero attached hydrogens (tertiary/aromatic N) is 1. The fourth-order valence-corrected chi connectivity index (χ4v) is 2.71. The predicted octanol–water partition coefficient (Wildman–Crippen LogP) is 0.684. The van der Waals surface area contributed by atoms with Gasteiger partial charge in [-0.1, -0.05) is 15.9 Å². The summed E-state index contributed by atoms with van der Waals surface area (Å²) in [5.74, 6) is -1.29. The number of nitriles is 1. The molecule has 0 aromatic heterocycles. The van der Waals surface area contributed by atoms with Crippen molar-refractivity contribution in [3.05, 3.63) is 28.2 Å². The number of carboxylic acids is 1. The molecule has 6 nitrogen and oxygen atoms in total. The lowest BCUT2D eigenvalue weighted by Gasteiger charge is -2.05. The molecule has 0 amide bonds. The zero-order chi connectivity index (χ0) is 13.1. The highest BCUT2D eigenvalue weighted by Crippen LogP contribution is 2.18. The SMILES string of the molecule is N#Cc1cc(Br)cc(S(=O)(=O)NCC(=O)O)c1. The van der Waals surface area contributed by atoms with E-state index in [1.807, 2.05) is 4.72 Å². The van der Waals surface area contributed by atoms with Crippen LogP contribution >= 0.6 is 15.9 Å². The van der Waals surface area contributed by atoms with Gasteiger partial charge in [-0.2, -0.15) is 9.98 Å². The van der Waals surface area contributed by atoms with Crippen LogP contribution in [-0.2, 0) is 14.8 Å². The molecule has 0 radical (unpaired) electrons. The number of halogens is 1. The predicted molar refractivity (Wildman–Crippen MR) is 61.7 cm³/mol. The molecule has 90 valence electrons. The average Bonchev–Trinajstić information content (AvgIpc) is 2.25. The third kappa shape index (κ3) is 3.81. The summed E-state index contributed by atoms with van der Waals surface area (Å²) in [5, 5.41) is 17.1. The molecule has 0 spiro atoms. The van der Waals surface area contributed by atoms with Crippen molar-refractivity contribution in [2.24, 2.45) is 0 Å². The lowest BCUT2D eigenvalue weighted by molar-refractivity contribution is -0.135. The average molecular weight is 319 g/mol. The summed E-state index contributed by atoms with van der Waals surface area (Å²) in [6, 6.07) is 5.71. The Morgan fingerprint density at radius 2 is 2.12 bits per heavy atom. The Bertz CT molecular complexity index is 592. The van der Waals surface area contributed by atoms with E-state index in [2.05, 4.69) is 15.9 Å². The van der Waals surface area contributed by atoms with Gasteiger partial charge >= 0.3 is 5.97 Å². The summed E-state index contributed by atoms with van der Waals surface area (Å²) in [5.41, 5.74) is 0.162. The van der Waals surface area contributed by atoms with Gasteiger partial charge in [-0.3, -0.25) is 4.79 Å². The highest BCUT2D eigenvalue weighted by molar-refractivity contribution is 9.10. The molecule has 0 saturated carbocycles. The number of hydrogen-bond acceptors (Lipinski definition) is 4. The van der Waals surface area contributed by atoms with Crippen molar-refractivity contribution in [3.8, 4) is 6.07 Å². The van der Waals surface area contributed by atoms with E-state index in [0.29, 0.717) is 4.47 Å². The summed E-state index contributed by atoms with van der Waals surface area (Å²) in [6.45, 7) is -0.712. The van der Waals surface area contributed by atoms with E-state index in [9.17, 15) is 13.2 Å². The molecule has 0 heterocycles. The van der Waals surface area contributed by atoms with Gasteiger partial charge in [0.05, 0.1) is 16.5 Å². The van der Waals surface area contributed by atoms with Crippen molar-refractivity contribution < 1.29 is 18.3 Å². The number of nitrogens with one attached hydrogen (secondary N) is 1. The Kier molecular flexibility index (Phi) is 4.22. The molecular formula is C9H7BrN2O4S. The van der Waals surface area contributed by atoms with Gasteiger partial charge in [0.15, 0.2) is 0 Å². The highest BCUT2D eigenvalue weighted by Gasteiger charge is 2.16. The molecule has 0 saturated heterocycles. The van der Waals surface area contributed by atoms with E-state index in [4.69, 9.17) is 10.4 Å². The molecule has 0 fully saturated rings. The quantitative estimate of drug-likeness (QED) is 0.849. The highest BCUT2D eigenvalue weighted by atomic mass is 79.9. The summed E-state index contributed by atoms with van der Waals surface area (Å²) in [6.07, 6.45) is 0. The number of aliphatic carboxylic acids is 1. The van der Waals surface area contributed by atoms with Gasteiger partial charge in [0, 0.05) is 4.47 Å². The number of carboxylic acid groups (broad SMARTS) is 1. The van der Waals surface area contributed by atoms with E-state index in [-0.39, 0.29) is 10.5 Å². The Balaban J connectivity index is 3.11. The molecule has 1 rings (SSSR count). The van der Waals surface area contributed by atoms with Crippen LogP contribution in [0.2, 0.25) is 0 Å². The van der Waals surface area contributed by atoms with Gasteiger partial charge in [-0.25, -0.2) is 8.42 Å². The minimum absolute atomic E-state index is 0.162. The van der Waals surface area contributed by atoms with Crippen LogP contribution in [0.25, 0.3) is 0 Å². The number of sulfonamides is 1. The second kappa shape index (κ2) is 5.27. The van der Waals surface area contributed by atoms with Crippen molar-refractivity contribution in [2.75, 3.05) is 6.54 Å². The molecule has 0 bridgehead atoms. The van der Waals surface area contributed by atoms with E-state index in [0.717, 1.165) is 6.07 Å². The Morgan fingerprint density at radius 1 is 1.47 bits per heavy atom. The summed E-state index contributed by atoms with van der Waals surface area (Å²) < 4.78 is 25.6. The number of carbonyl (C=O) groups is 1. The van der Waals surface area contributed by atoms with Crippen LogP contribution in [-0.4, -0.2) is 26.0 Å². The van der Waals surface area contributed by atoms with Gasteiger partial charge in [-0.05, 0) is 18.2 Å². The maximum Gasteiger partial charge on any atom is 0.318 e. The smallest absolute Gasteiger partial charge is 0.318 e. The van der Waals surface area contributed by atoms with Crippen molar-refractivity contribution in [1.82, 2.24) is 4.72 Å². The molecule has 0 aliphatic heterocycles. The van der Waals surface area contributed by atoms with Crippen LogP contribution in [0.3, 0.4) is 0 Å². The first-order valence-electron chi connectivity index (χ1n) is 4.27. The van der Waals surface area contributed by atoms with Crippen LogP contribution in [0.15, 0.2) is 27.6 Å². The van der Waals surface area contributed by atoms with Crippen molar-refractivity contribution >= 4 is 31.9 Å². The zero-order valence-corrected chi connectivity index (χ0v) is 10.7. The Labute approximate surface area is 106 Å². The third-order valence-electron chi connectivity index (χ3n) is 1.72. The van der Waals surface area contributed by atoms with Crippen molar-refractivity contribution in [3.63, 3.8) is 0 Å². The van der Waals surface area contributed by atoms with E-state index in [1.54, 1.807) is 6.07 Å². The topological polar surface area (TPSA) is 107 Å². The first-order chi connectivity index (χ1) is 7.85. The second-order valence-corrected chi connectivity index (χ2v) is 5.69. The minimum Gasteiger partial charge on any atom is -0.480 e. The first-order valence-corrected chi connectivity index (χ1v) is 6.55. The maximum absolute atomic E-state index is 11.7. The van der Waals surface area contributed by atoms with Crippen LogP contribution in [0.5, 0.6) is 0 Å². The molecule has 2 N–H and O–H groups in total.